The molecule has 75 valence electrons. The van der Waals surface area contributed by atoms with Crippen LogP contribution in [0.25, 0.3) is 0 Å². The van der Waals surface area contributed by atoms with Crippen LogP contribution in [0.2, 0.25) is 0 Å². The summed E-state index contributed by atoms with van der Waals surface area (Å²) in [5.41, 5.74) is 6.28. The van der Waals surface area contributed by atoms with Gasteiger partial charge in [0, 0.05) is 6.42 Å². The predicted molar refractivity (Wildman–Crippen MR) is 57.5 cm³/mol. The van der Waals surface area contributed by atoms with Crippen LogP contribution in [0.1, 0.15) is 31.2 Å². The van der Waals surface area contributed by atoms with E-state index in [0.29, 0.717) is 6.42 Å². The first kappa shape index (κ1) is 10.8. The lowest BCUT2D eigenvalue weighted by Gasteiger charge is -1.99. The third-order valence-corrected chi connectivity index (χ3v) is 2.06. The summed E-state index contributed by atoms with van der Waals surface area (Å²) in [6.07, 6.45) is 5.61. The lowest BCUT2D eigenvalue weighted by atomic mass is 10.1. The number of primary amides is 1. The van der Waals surface area contributed by atoms with Crippen molar-refractivity contribution >= 4 is 5.91 Å². The second-order valence-corrected chi connectivity index (χ2v) is 3.33. The molecule has 0 saturated carbocycles. The zero-order chi connectivity index (χ0) is 10.2. The van der Waals surface area contributed by atoms with E-state index >= 15 is 0 Å². The summed E-state index contributed by atoms with van der Waals surface area (Å²) in [7, 11) is 0. The Bertz CT molecular complexity index is 269. The van der Waals surface area contributed by atoms with Gasteiger partial charge in [-0.3, -0.25) is 4.79 Å². The molecule has 1 aromatic carbocycles. The molecule has 0 heterocycles. The van der Waals surface area contributed by atoms with Crippen LogP contribution in [0.15, 0.2) is 30.3 Å². The molecule has 0 spiro atoms. The van der Waals surface area contributed by atoms with E-state index in [-0.39, 0.29) is 5.91 Å². The fraction of sp³-hybridized carbons (Fsp3) is 0.333. The molecule has 2 nitrogen and oxygen atoms in total. The van der Waals surface area contributed by atoms with Crippen LogP contribution in [-0.2, 0) is 4.79 Å². The van der Waals surface area contributed by atoms with Crippen LogP contribution in [0.3, 0.4) is 0 Å². The lowest BCUT2D eigenvalue weighted by Crippen LogP contribution is -2.09. The maximum Gasteiger partial charge on any atom is 0.217 e. The van der Waals surface area contributed by atoms with Gasteiger partial charge in [-0.05, 0) is 24.8 Å². The minimum atomic E-state index is -0.204. The minimum Gasteiger partial charge on any atom is -0.370 e. The maximum absolute atomic E-state index is 10.4. The molecule has 1 rings (SSSR count). The third-order valence-electron chi connectivity index (χ3n) is 2.06. The zero-order valence-electron chi connectivity index (χ0n) is 8.28. The molecule has 0 aliphatic carbocycles. The number of benzene rings is 1. The van der Waals surface area contributed by atoms with Crippen molar-refractivity contribution in [1.29, 1.82) is 0 Å². The van der Waals surface area contributed by atoms with Crippen molar-refractivity contribution in [2.24, 2.45) is 5.73 Å². The third kappa shape index (κ3) is 4.65. The second kappa shape index (κ2) is 6.19. The van der Waals surface area contributed by atoms with Crippen molar-refractivity contribution in [1.82, 2.24) is 0 Å². The molecule has 0 unspecified atom stereocenters. The van der Waals surface area contributed by atoms with E-state index in [1.165, 1.54) is 5.56 Å². The normalized spacial score (nSPS) is 10.0. The van der Waals surface area contributed by atoms with Gasteiger partial charge >= 0.3 is 0 Å². The van der Waals surface area contributed by atoms with Crippen LogP contribution < -0.4 is 5.73 Å². The van der Waals surface area contributed by atoms with E-state index in [0.717, 1.165) is 19.3 Å². The quantitative estimate of drug-likeness (QED) is 0.687. The number of amides is 1. The number of hydrogen-bond acceptors (Lipinski definition) is 1. The van der Waals surface area contributed by atoms with Gasteiger partial charge in [0.15, 0.2) is 0 Å². The monoisotopic (exact) mass is 190 g/mol. The predicted octanol–water partition coefficient (Wildman–Crippen LogP) is 2.28. The van der Waals surface area contributed by atoms with E-state index in [1.807, 2.05) is 18.2 Å². The molecule has 2 N–H and O–H groups in total. The summed E-state index contributed by atoms with van der Waals surface area (Å²) in [4.78, 5) is 10.4. The van der Waals surface area contributed by atoms with Crippen LogP contribution in [0, 0.1) is 6.42 Å². The van der Waals surface area contributed by atoms with E-state index in [1.54, 1.807) is 0 Å². The topological polar surface area (TPSA) is 43.1 Å². The van der Waals surface area contributed by atoms with Crippen molar-refractivity contribution in [3.05, 3.63) is 42.3 Å². The molecule has 0 atom stereocenters. The smallest absolute Gasteiger partial charge is 0.217 e. The molecule has 0 aliphatic heterocycles. The van der Waals surface area contributed by atoms with E-state index < -0.39 is 0 Å². The van der Waals surface area contributed by atoms with Crippen LogP contribution in [0.5, 0.6) is 0 Å². The Balaban J connectivity index is 2.08. The average Bonchev–Trinajstić information content (AvgIpc) is 2.18. The molecule has 0 saturated heterocycles. The number of rotatable bonds is 6. The van der Waals surface area contributed by atoms with E-state index in [9.17, 15) is 4.79 Å². The number of carbonyl (C=O) groups excluding carboxylic acids is 1. The fourth-order valence-corrected chi connectivity index (χ4v) is 1.30. The SMILES string of the molecule is NC(=O)CCCC[CH]c1ccccc1. The second-order valence-electron chi connectivity index (χ2n) is 3.33. The van der Waals surface area contributed by atoms with Crippen LogP contribution >= 0.6 is 0 Å². The summed E-state index contributed by atoms with van der Waals surface area (Å²) in [6, 6.07) is 10.2. The van der Waals surface area contributed by atoms with E-state index in [2.05, 4.69) is 18.6 Å². The molecule has 0 bridgehead atoms. The number of hydrogen-bond donors (Lipinski definition) is 1. The molecular formula is C12H16NO. The summed E-state index contributed by atoms with van der Waals surface area (Å²) in [6.45, 7) is 0. The van der Waals surface area contributed by atoms with Gasteiger partial charge in [0.1, 0.15) is 0 Å². The molecule has 1 aromatic rings. The molecule has 0 aliphatic rings. The molecule has 1 radical (unpaired) electrons. The van der Waals surface area contributed by atoms with Gasteiger partial charge in [0.2, 0.25) is 5.91 Å². The van der Waals surface area contributed by atoms with Gasteiger partial charge in [-0.1, -0.05) is 36.8 Å². The Hall–Kier alpha value is -1.31. The highest BCUT2D eigenvalue weighted by atomic mass is 16.1. The van der Waals surface area contributed by atoms with Crippen molar-refractivity contribution in [3.8, 4) is 0 Å². The highest BCUT2D eigenvalue weighted by Crippen LogP contribution is 2.09. The maximum atomic E-state index is 10.4. The summed E-state index contributed by atoms with van der Waals surface area (Å²) < 4.78 is 0. The van der Waals surface area contributed by atoms with Crippen molar-refractivity contribution in [2.75, 3.05) is 0 Å². The van der Waals surface area contributed by atoms with Crippen molar-refractivity contribution in [2.45, 2.75) is 25.7 Å². The first-order chi connectivity index (χ1) is 6.79. The van der Waals surface area contributed by atoms with Crippen molar-refractivity contribution < 1.29 is 4.79 Å². The summed E-state index contributed by atoms with van der Waals surface area (Å²) >= 11 is 0. The van der Waals surface area contributed by atoms with Crippen LogP contribution in [-0.4, -0.2) is 5.91 Å². The number of nitrogens with two attached hydrogens (primary N) is 1. The standard InChI is InChI=1S/C12H16NO/c13-12(14)10-6-2-5-9-11-7-3-1-4-8-11/h1,3-4,7-9H,2,5-6,10H2,(H2,13,14). The van der Waals surface area contributed by atoms with Crippen LogP contribution in [0.4, 0.5) is 0 Å². The van der Waals surface area contributed by atoms with Gasteiger partial charge < -0.3 is 5.73 Å². The molecule has 14 heavy (non-hydrogen) atoms. The number of unbranched alkanes of at least 4 members (excludes halogenated alkanes) is 2. The first-order valence-corrected chi connectivity index (χ1v) is 4.95. The molecular weight excluding hydrogens is 174 g/mol. The Morgan fingerprint density at radius 1 is 1.21 bits per heavy atom. The highest BCUT2D eigenvalue weighted by Gasteiger charge is 1.95. The highest BCUT2D eigenvalue weighted by molar-refractivity contribution is 5.73. The largest absolute Gasteiger partial charge is 0.370 e. The van der Waals surface area contributed by atoms with Crippen molar-refractivity contribution in [3.63, 3.8) is 0 Å². The Morgan fingerprint density at radius 3 is 2.57 bits per heavy atom. The number of carbonyl (C=O) groups is 1. The van der Waals surface area contributed by atoms with Gasteiger partial charge in [-0.2, -0.15) is 0 Å². The molecule has 2 heteroatoms. The van der Waals surface area contributed by atoms with Gasteiger partial charge in [0.05, 0.1) is 0 Å². The van der Waals surface area contributed by atoms with Gasteiger partial charge in [0.25, 0.3) is 0 Å². The molecule has 0 fully saturated rings. The Kier molecular flexibility index (Phi) is 4.76. The van der Waals surface area contributed by atoms with Gasteiger partial charge in [-0.15, -0.1) is 0 Å². The van der Waals surface area contributed by atoms with Gasteiger partial charge in [-0.25, -0.2) is 0 Å². The Morgan fingerprint density at radius 2 is 1.93 bits per heavy atom. The minimum absolute atomic E-state index is 0.204. The summed E-state index contributed by atoms with van der Waals surface area (Å²) in [5, 5.41) is 0. The first-order valence-electron chi connectivity index (χ1n) is 4.95. The van der Waals surface area contributed by atoms with E-state index in [4.69, 9.17) is 5.73 Å². The Labute approximate surface area is 85.1 Å². The summed E-state index contributed by atoms with van der Waals surface area (Å²) in [5.74, 6) is -0.204. The zero-order valence-corrected chi connectivity index (χ0v) is 8.28. The lowest BCUT2D eigenvalue weighted by molar-refractivity contribution is -0.118. The molecule has 0 aromatic heterocycles. The fourth-order valence-electron chi connectivity index (χ4n) is 1.30. The molecule has 1 amide bonds. The average molecular weight is 190 g/mol.